The first-order valence-electron chi connectivity index (χ1n) is 10.3. The summed E-state index contributed by atoms with van der Waals surface area (Å²) in [5, 5.41) is 6.52. The molecule has 0 aliphatic carbocycles. The van der Waals surface area contributed by atoms with E-state index in [1.165, 1.54) is 4.90 Å². The smallest absolute Gasteiger partial charge is 0.261 e. The molecule has 9 heteroatoms. The molecular weight excluding hydrogens is 499 g/mol. The molecule has 2 aliphatic heterocycles. The third kappa shape index (κ3) is 6.64. The lowest BCUT2D eigenvalue weighted by Crippen LogP contribution is -2.39. The van der Waals surface area contributed by atoms with Gasteiger partial charge in [-0.25, -0.2) is 0 Å². The number of carbonyl (C=O) groups is 2. The summed E-state index contributed by atoms with van der Waals surface area (Å²) >= 11 is 0. The molecule has 0 aromatic heterocycles. The van der Waals surface area contributed by atoms with E-state index in [9.17, 15) is 9.59 Å². The highest BCUT2D eigenvalue weighted by Crippen LogP contribution is 2.22. The van der Waals surface area contributed by atoms with E-state index in [-0.39, 0.29) is 41.9 Å². The highest BCUT2D eigenvalue weighted by molar-refractivity contribution is 14.0. The lowest BCUT2D eigenvalue weighted by Gasteiger charge is -2.15. The molecule has 0 radical (unpaired) electrons. The predicted octanol–water partition coefficient (Wildman–Crippen LogP) is 2.04. The SMILES string of the molecule is CN=C(NCCCCN1C(=O)c2ccccc2C1=O)NCCCOC1CCOC1.I. The minimum Gasteiger partial charge on any atom is -0.379 e. The number of amides is 2. The molecule has 2 heterocycles. The number of unbranched alkanes of at least 4 members (excludes halogenated alkanes) is 1. The summed E-state index contributed by atoms with van der Waals surface area (Å²) in [5.41, 5.74) is 1.01. The maximum Gasteiger partial charge on any atom is 0.261 e. The molecule has 1 aromatic carbocycles. The van der Waals surface area contributed by atoms with Crippen molar-refractivity contribution in [2.24, 2.45) is 4.99 Å². The zero-order chi connectivity index (χ0) is 20.5. The Kier molecular flexibility index (Phi) is 10.5. The largest absolute Gasteiger partial charge is 0.379 e. The number of rotatable bonds is 10. The monoisotopic (exact) mass is 530 g/mol. The number of imide groups is 1. The molecule has 1 aromatic rings. The number of guanidine groups is 1. The molecular formula is C21H31IN4O4. The van der Waals surface area contributed by atoms with Gasteiger partial charge in [-0.05, 0) is 37.8 Å². The van der Waals surface area contributed by atoms with Crippen LogP contribution in [-0.4, -0.2) is 75.3 Å². The van der Waals surface area contributed by atoms with Crippen LogP contribution in [0.1, 0.15) is 46.4 Å². The van der Waals surface area contributed by atoms with E-state index < -0.39 is 0 Å². The number of fused-ring (bicyclic) bond motifs is 1. The number of carbonyl (C=O) groups excluding carboxylic acids is 2. The standard InChI is InChI=1S/C21H30N4O4.HI/c1-22-21(24-11-6-13-29-16-9-14-28-15-16)23-10-4-5-12-25-19(26)17-7-2-3-8-18(17)20(25)27;/h2-3,7-8,16H,4-6,9-15H2,1H3,(H2,22,23,24);1H. The van der Waals surface area contributed by atoms with Crippen molar-refractivity contribution in [1.82, 2.24) is 15.5 Å². The van der Waals surface area contributed by atoms with Crippen molar-refractivity contribution in [3.05, 3.63) is 35.4 Å². The normalized spacial score (nSPS) is 18.4. The second kappa shape index (κ2) is 12.9. The number of nitrogens with zero attached hydrogens (tertiary/aromatic N) is 2. The molecule has 3 rings (SSSR count). The molecule has 2 N–H and O–H groups in total. The number of halogens is 1. The Labute approximate surface area is 194 Å². The zero-order valence-electron chi connectivity index (χ0n) is 17.4. The Bertz CT molecular complexity index is 702. The molecule has 8 nitrogen and oxygen atoms in total. The first-order valence-corrected chi connectivity index (χ1v) is 10.3. The van der Waals surface area contributed by atoms with Crippen LogP contribution in [0.3, 0.4) is 0 Å². The molecule has 166 valence electrons. The average Bonchev–Trinajstić information content (AvgIpc) is 3.34. The predicted molar refractivity (Wildman–Crippen MR) is 126 cm³/mol. The fraction of sp³-hybridized carbons (Fsp3) is 0.571. The molecule has 2 aliphatic rings. The quantitative estimate of drug-likeness (QED) is 0.158. The molecule has 1 fully saturated rings. The molecule has 2 amide bonds. The van der Waals surface area contributed by atoms with Gasteiger partial charge in [0.15, 0.2) is 5.96 Å². The summed E-state index contributed by atoms with van der Waals surface area (Å²) in [6, 6.07) is 6.98. The van der Waals surface area contributed by atoms with Crippen LogP contribution in [0.5, 0.6) is 0 Å². The second-order valence-electron chi connectivity index (χ2n) is 7.15. The Hall–Kier alpha value is -1.72. The first kappa shape index (κ1) is 24.5. The highest BCUT2D eigenvalue weighted by Gasteiger charge is 2.34. The van der Waals surface area contributed by atoms with Crippen molar-refractivity contribution in [3.8, 4) is 0 Å². The molecule has 1 saturated heterocycles. The number of benzene rings is 1. The summed E-state index contributed by atoms with van der Waals surface area (Å²) in [7, 11) is 1.74. The maximum atomic E-state index is 12.3. The summed E-state index contributed by atoms with van der Waals surface area (Å²) < 4.78 is 11.0. The van der Waals surface area contributed by atoms with Gasteiger partial charge in [0.05, 0.1) is 23.8 Å². The Morgan fingerprint density at radius 2 is 1.80 bits per heavy atom. The van der Waals surface area contributed by atoms with Crippen molar-refractivity contribution < 1.29 is 19.1 Å². The summed E-state index contributed by atoms with van der Waals surface area (Å²) in [4.78, 5) is 30.2. The molecule has 0 saturated carbocycles. The lowest BCUT2D eigenvalue weighted by molar-refractivity contribution is 0.0420. The Morgan fingerprint density at radius 3 is 2.40 bits per heavy atom. The van der Waals surface area contributed by atoms with E-state index in [2.05, 4.69) is 15.6 Å². The number of hydrogen-bond donors (Lipinski definition) is 2. The van der Waals surface area contributed by atoms with Crippen LogP contribution in [0.15, 0.2) is 29.3 Å². The topological polar surface area (TPSA) is 92.3 Å². The van der Waals surface area contributed by atoms with Gasteiger partial charge in [-0.1, -0.05) is 12.1 Å². The number of nitrogens with one attached hydrogen (secondary N) is 2. The molecule has 1 atom stereocenters. The van der Waals surface area contributed by atoms with E-state index in [0.29, 0.717) is 30.9 Å². The van der Waals surface area contributed by atoms with Crippen LogP contribution in [0.4, 0.5) is 0 Å². The van der Waals surface area contributed by atoms with E-state index in [4.69, 9.17) is 9.47 Å². The Balaban J connectivity index is 0.00000320. The van der Waals surface area contributed by atoms with Crippen molar-refractivity contribution >= 4 is 41.8 Å². The average molecular weight is 530 g/mol. The van der Waals surface area contributed by atoms with Crippen LogP contribution in [0, 0.1) is 0 Å². The third-order valence-corrected chi connectivity index (χ3v) is 5.06. The highest BCUT2D eigenvalue weighted by atomic mass is 127. The molecule has 1 unspecified atom stereocenters. The van der Waals surface area contributed by atoms with E-state index >= 15 is 0 Å². The second-order valence-corrected chi connectivity index (χ2v) is 7.15. The fourth-order valence-corrected chi connectivity index (χ4v) is 3.44. The van der Waals surface area contributed by atoms with Crippen LogP contribution in [0.25, 0.3) is 0 Å². The fourth-order valence-electron chi connectivity index (χ4n) is 3.44. The lowest BCUT2D eigenvalue weighted by atomic mass is 10.1. The van der Waals surface area contributed by atoms with Gasteiger partial charge >= 0.3 is 0 Å². The van der Waals surface area contributed by atoms with Gasteiger partial charge in [-0.3, -0.25) is 19.5 Å². The van der Waals surface area contributed by atoms with E-state index in [0.717, 1.165) is 51.3 Å². The van der Waals surface area contributed by atoms with Gasteiger partial charge in [-0.15, -0.1) is 24.0 Å². The van der Waals surface area contributed by atoms with Crippen molar-refractivity contribution in [2.75, 3.05) is 46.5 Å². The summed E-state index contributed by atoms with van der Waals surface area (Å²) in [6.45, 7) is 4.14. The number of ether oxygens (including phenoxy) is 2. The molecule has 30 heavy (non-hydrogen) atoms. The van der Waals surface area contributed by atoms with Crippen LogP contribution < -0.4 is 10.6 Å². The van der Waals surface area contributed by atoms with Gasteiger partial charge in [0.1, 0.15) is 0 Å². The Morgan fingerprint density at radius 1 is 1.13 bits per heavy atom. The number of hydrogen-bond acceptors (Lipinski definition) is 5. The van der Waals surface area contributed by atoms with Crippen LogP contribution >= 0.6 is 24.0 Å². The summed E-state index contributed by atoms with van der Waals surface area (Å²) in [5.74, 6) is 0.361. The minimum atomic E-state index is -0.192. The van der Waals surface area contributed by atoms with E-state index in [1.54, 1.807) is 31.3 Å². The zero-order valence-corrected chi connectivity index (χ0v) is 19.7. The van der Waals surface area contributed by atoms with Gasteiger partial charge in [0.25, 0.3) is 11.8 Å². The van der Waals surface area contributed by atoms with Crippen LogP contribution in [-0.2, 0) is 9.47 Å². The van der Waals surface area contributed by atoms with Gasteiger partial charge in [0, 0.05) is 39.9 Å². The van der Waals surface area contributed by atoms with Crippen molar-refractivity contribution in [2.45, 2.75) is 31.8 Å². The van der Waals surface area contributed by atoms with Crippen LogP contribution in [0.2, 0.25) is 0 Å². The number of aliphatic imine (C=N–C) groups is 1. The van der Waals surface area contributed by atoms with Crippen molar-refractivity contribution in [1.29, 1.82) is 0 Å². The van der Waals surface area contributed by atoms with Gasteiger partial charge in [-0.2, -0.15) is 0 Å². The van der Waals surface area contributed by atoms with Gasteiger partial charge in [0.2, 0.25) is 0 Å². The van der Waals surface area contributed by atoms with Crippen molar-refractivity contribution in [3.63, 3.8) is 0 Å². The molecule has 0 bridgehead atoms. The van der Waals surface area contributed by atoms with Gasteiger partial charge < -0.3 is 20.1 Å². The minimum absolute atomic E-state index is 0. The first-order chi connectivity index (χ1) is 14.2. The maximum absolute atomic E-state index is 12.3. The molecule has 0 spiro atoms. The third-order valence-electron chi connectivity index (χ3n) is 5.06. The summed E-state index contributed by atoms with van der Waals surface area (Å²) in [6.07, 6.45) is 3.70. The van der Waals surface area contributed by atoms with E-state index in [1.807, 2.05) is 0 Å².